The average Bonchev–Trinajstić information content (AvgIpc) is 2.75. The third-order valence-electron chi connectivity index (χ3n) is 4.72. The minimum absolute atomic E-state index is 0.135. The van der Waals surface area contributed by atoms with Crippen LogP contribution in [0.4, 0.5) is 11.4 Å². The summed E-state index contributed by atoms with van der Waals surface area (Å²) < 4.78 is 0. The molecule has 2 N–H and O–H groups in total. The number of hydrogen-bond acceptors (Lipinski definition) is 5. The summed E-state index contributed by atoms with van der Waals surface area (Å²) in [4.78, 5) is 38.4. The minimum atomic E-state index is -0.164. The van der Waals surface area contributed by atoms with Crippen molar-refractivity contribution in [1.29, 1.82) is 0 Å². The molecule has 0 saturated carbocycles. The van der Waals surface area contributed by atoms with Gasteiger partial charge in [-0.2, -0.15) is 11.8 Å². The maximum atomic E-state index is 12.3. The summed E-state index contributed by atoms with van der Waals surface area (Å²) in [5.74, 6) is 2.25. The predicted octanol–water partition coefficient (Wildman–Crippen LogP) is 3.42. The maximum Gasteiger partial charge on any atom is 0.234 e. The molecule has 1 aliphatic heterocycles. The molecule has 0 spiro atoms. The van der Waals surface area contributed by atoms with Crippen molar-refractivity contribution in [3.05, 3.63) is 59.7 Å². The monoisotopic (exact) mass is 457 g/mol. The number of nitrogens with zero attached hydrogens (tertiary/aromatic N) is 1. The fourth-order valence-corrected chi connectivity index (χ4v) is 4.68. The van der Waals surface area contributed by atoms with Crippen LogP contribution in [0, 0.1) is 6.92 Å². The van der Waals surface area contributed by atoms with Crippen molar-refractivity contribution >= 4 is 52.6 Å². The van der Waals surface area contributed by atoms with Crippen molar-refractivity contribution < 1.29 is 14.4 Å². The summed E-state index contributed by atoms with van der Waals surface area (Å²) >= 11 is 3.14. The number of amides is 3. The van der Waals surface area contributed by atoms with Crippen molar-refractivity contribution in [3.8, 4) is 0 Å². The van der Waals surface area contributed by atoms with E-state index in [1.807, 2.05) is 72.1 Å². The van der Waals surface area contributed by atoms with Gasteiger partial charge in [-0.1, -0.05) is 24.3 Å². The SMILES string of the molecule is Cc1cccc(NC(=O)CSCC(=O)Nc2ccc(CC(=O)N3CCSCC3)cc2)c1. The zero-order valence-electron chi connectivity index (χ0n) is 17.6. The summed E-state index contributed by atoms with van der Waals surface area (Å²) in [7, 11) is 0. The normalized spacial score (nSPS) is 13.5. The molecule has 2 aromatic rings. The molecule has 1 heterocycles. The topological polar surface area (TPSA) is 78.5 Å². The number of anilines is 2. The summed E-state index contributed by atoms with van der Waals surface area (Å²) in [6, 6.07) is 14.9. The molecule has 3 rings (SSSR count). The number of hydrogen-bond donors (Lipinski definition) is 2. The molecule has 0 radical (unpaired) electrons. The lowest BCUT2D eigenvalue weighted by Gasteiger charge is -2.26. The quantitative estimate of drug-likeness (QED) is 0.635. The van der Waals surface area contributed by atoms with Crippen LogP contribution >= 0.6 is 23.5 Å². The van der Waals surface area contributed by atoms with Gasteiger partial charge in [0.2, 0.25) is 17.7 Å². The van der Waals surface area contributed by atoms with Crippen LogP contribution in [0.1, 0.15) is 11.1 Å². The molecule has 0 aliphatic carbocycles. The minimum Gasteiger partial charge on any atom is -0.341 e. The van der Waals surface area contributed by atoms with Crippen molar-refractivity contribution in [2.75, 3.05) is 46.7 Å². The zero-order valence-corrected chi connectivity index (χ0v) is 19.2. The second-order valence-corrected chi connectivity index (χ2v) is 9.54. The van der Waals surface area contributed by atoms with Crippen LogP contribution < -0.4 is 10.6 Å². The van der Waals surface area contributed by atoms with E-state index in [1.165, 1.54) is 11.8 Å². The van der Waals surface area contributed by atoms with Gasteiger partial charge in [-0.25, -0.2) is 0 Å². The largest absolute Gasteiger partial charge is 0.341 e. The molecule has 0 aromatic heterocycles. The third-order valence-corrected chi connectivity index (χ3v) is 6.60. The van der Waals surface area contributed by atoms with E-state index in [4.69, 9.17) is 0 Å². The molecule has 1 saturated heterocycles. The Bertz CT molecular complexity index is 913. The molecule has 3 amide bonds. The molecule has 6 nitrogen and oxygen atoms in total. The van der Waals surface area contributed by atoms with Crippen LogP contribution in [-0.4, -0.2) is 58.7 Å². The molecule has 0 atom stereocenters. The standard InChI is InChI=1S/C23H27N3O3S2/c1-17-3-2-4-20(13-17)25-22(28)16-31-15-21(27)24-19-7-5-18(6-8-19)14-23(29)26-9-11-30-12-10-26/h2-8,13H,9-12,14-16H2,1H3,(H,24,27)(H,25,28). The van der Waals surface area contributed by atoms with Gasteiger partial charge in [0.25, 0.3) is 0 Å². The van der Waals surface area contributed by atoms with Gasteiger partial charge in [0.05, 0.1) is 17.9 Å². The highest BCUT2D eigenvalue weighted by Crippen LogP contribution is 2.15. The fraction of sp³-hybridized carbons (Fsp3) is 0.348. The number of thioether (sulfide) groups is 2. The van der Waals surface area contributed by atoms with Gasteiger partial charge in [0.15, 0.2) is 0 Å². The fourth-order valence-electron chi connectivity index (χ4n) is 3.16. The Morgan fingerprint density at radius 3 is 2.23 bits per heavy atom. The Labute approximate surface area is 191 Å². The Morgan fingerprint density at radius 2 is 1.58 bits per heavy atom. The smallest absolute Gasteiger partial charge is 0.234 e. The van der Waals surface area contributed by atoms with Crippen molar-refractivity contribution in [2.24, 2.45) is 0 Å². The highest BCUT2D eigenvalue weighted by Gasteiger charge is 2.16. The first kappa shape index (κ1) is 23.2. The first-order chi connectivity index (χ1) is 15.0. The zero-order chi connectivity index (χ0) is 22.1. The Morgan fingerprint density at radius 1 is 0.935 bits per heavy atom. The average molecular weight is 458 g/mol. The molecular formula is C23H27N3O3S2. The van der Waals surface area contributed by atoms with E-state index in [0.717, 1.165) is 41.4 Å². The van der Waals surface area contributed by atoms with E-state index in [-0.39, 0.29) is 29.2 Å². The van der Waals surface area contributed by atoms with Crippen LogP contribution in [0.2, 0.25) is 0 Å². The van der Waals surface area contributed by atoms with E-state index in [0.29, 0.717) is 12.1 Å². The van der Waals surface area contributed by atoms with E-state index < -0.39 is 0 Å². The number of rotatable bonds is 8. The highest BCUT2D eigenvalue weighted by atomic mass is 32.2. The lowest BCUT2D eigenvalue weighted by molar-refractivity contribution is -0.130. The Hall–Kier alpha value is -2.45. The van der Waals surface area contributed by atoms with Crippen LogP contribution in [0.3, 0.4) is 0 Å². The molecule has 1 aliphatic rings. The molecule has 31 heavy (non-hydrogen) atoms. The molecule has 1 fully saturated rings. The summed E-state index contributed by atoms with van der Waals surface area (Å²) in [5.41, 5.74) is 3.45. The maximum absolute atomic E-state index is 12.3. The second-order valence-electron chi connectivity index (χ2n) is 7.33. The van der Waals surface area contributed by atoms with Gasteiger partial charge in [-0.05, 0) is 42.3 Å². The van der Waals surface area contributed by atoms with Crippen molar-refractivity contribution in [2.45, 2.75) is 13.3 Å². The highest BCUT2D eigenvalue weighted by molar-refractivity contribution is 8.00. The van der Waals surface area contributed by atoms with Gasteiger partial charge < -0.3 is 15.5 Å². The number of aryl methyl sites for hydroxylation is 1. The predicted molar refractivity (Wildman–Crippen MR) is 130 cm³/mol. The summed E-state index contributed by atoms with van der Waals surface area (Å²) in [6.45, 7) is 3.60. The van der Waals surface area contributed by atoms with E-state index >= 15 is 0 Å². The van der Waals surface area contributed by atoms with Crippen LogP contribution in [0.5, 0.6) is 0 Å². The second kappa shape index (κ2) is 11.8. The molecule has 164 valence electrons. The first-order valence-electron chi connectivity index (χ1n) is 10.2. The summed E-state index contributed by atoms with van der Waals surface area (Å²) in [6.07, 6.45) is 0.380. The Balaban J connectivity index is 1.37. The first-order valence-corrected chi connectivity index (χ1v) is 12.5. The number of nitrogens with one attached hydrogen (secondary N) is 2. The number of benzene rings is 2. The molecule has 0 bridgehead atoms. The van der Waals surface area contributed by atoms with Gasteiger partial charge >= 0.3 is 0 Å². The number of carbonyl (C=O) groups is 3. The molecule has 0 unspecified atom stereocenters. The molecule has 2 aromatic carbocycles. The number of carbonyl (C=O) groups excluding carboxylic acids is 3. The lowest BCUT2D eigenvalue weighted by atomic mass is 10.1. The van der Waals surface area contributed by atoms with Gasteiger partial charge in [0, 0.05) is 36.0 Å². The van der Waals surface area contributed by atoms with E-state index in [2.05, 4.69) is 10.6 Å². The van der Waals surface area contributed by atoms with Crippen LogP contribution in [-0.2, 0) is 20.8 Å². The van der Waals surface area contributed by atoms with Gasteiger partial charge in [0.1, 0.15) is 0 Å². The van der Waals surface area contributed by atoms with E-state index in [9.17, 15) is 14.4 Å². The van der Waals surface area contributed by atoms with Crippen molar-refractivity contribution in [1.82, 2.24) is 4.90 Å². The molecule has 8 heteroatoms. The van der Waals surface area contributed by atoms with Crippen molar-refractivity contribution in [3.63, 3.8) is 0 Å². The Kier molecular flexibility index (Phi) is 8.85. The molecular weight excluding hydrogens is 430 g/mol. The van der Waals surface area contributed by atoms with E-state index in [1.54, 1.807) is 0 Å². The van der Waals surface area contributed by atoms with Gasteiger partial charge in [-0.3, -0.25) is 14.4 Å². The summed E-state index contributed by atoms with van der Waals surface area (Å²) in [5, 5.41) is 5.66. The van der Waals surface area contributed by atoms with Gasteiger partial charge in [-0.15, -0.1) is 11.8 Å². The van der Waals surface area contributed by atoms with Crippen LogP contribution in [0.25, 0.3) is 0 Å². The third kappa shape index (κ3) is 7.95. The van der Waals surface area contributed by atoms with Crippen LogP contribution in [0.15, 0.2) is 48.5 Å². The lowest BCUT2D eigenvalue weighted by Crippen LogP contribution is -2.38.